The fraction of sp³-hybridized carbons (Fsp3) is 0.250. The molecular weight excluding hydrogens is 376 g/mol. The molecule has 26 heavy (non-hydrogen) atoms. The lowest BCUT2D eigenvalue weighted by Gasteiger charge is -2.16. The third kappa shape index (κ3) is 3.43. The first-order valence-corrected chi connectivity index (χ1v) is 9.95. The maximum atomic E-state index is 12.5. The van der Waals surface area contributed by atoms with Crippen molar-refractivity contribution in [2.75, 3.05) is 26.5 Å². The zero-order chi connectivity index (χ0) is 18.9. The predicted molar refractivity (Wildman–Crippen MR) is 101 cm³/mol. The molecule has 2 N–H and O–H groups in total. The molecule has 3 rings (SSSR count). The van der Waals surface area contributed by atoms with Gasteiger partial charge in [0.15, 0.2) is 0 Å². The summed E-state index contributed by atoms with van der Waals surface area (Å²) in [5, 5.41) is 4.89. The van der Waals surface area contributed by atoms with Gasteiger partial charge in [-0.1, -0.05) is 0 Å². The Kier molecular flexibility index (Phi) is 4.99. The van der Waals surface area contributed by atoms with Crippen LogP contribution < -0.4 is 15.6 Å². The summed E-state index contributed by atoms with van der Waals surface area (Å²) in [6.45, 7) is 0.245. The summed E-state index contributed by atoms with van der Waals surface area (Å²) in [5.74, 6) is 0.726. The minimum Gasteiger partial charge on any atom is -0.495 e. The number of methoxy groups -OCH3 is 1. The molecule has 3 aromatic rings. The number of fused-ring (bicyclic) bond motifs is 1. The number of H-pyrrole nitrogens is 1. The summed E-state index contributed by atoms with van der Waals surface area (Å²) in [6, 6.07) is 6.56. The summed E-state index contributed by atoms with van der Waals surface area (Å²) in [5.41, 5.74) is 1.02. The Morgan fingerprint density at radius 1 is 1.31 bits per heavy atom. The van der Waals surface area contributed by atoms with Crippen molar-refractivity contribution in [1.29, 1.82) is 0 Å². The van der Waals surface area contributed by atoms with E-state index in [0.29, 0.717) is 21.7 Å². The number of aromatic nitrogens is 2. The van der Waals surface area contributed by atoms with E-state index in [1.165, 1.54) is 38.6 Å². The van der Waals surface area contributed by atoms with Gasteiger partial charge in [-0.3, -0.25) is 4.79 Å². The van der Waals surface area contributed by atoms with Crippen molar-refractivity contribution < 1.29 is 13.2 Å². The molecule has 0 saturated heterocycles. The number of aromatic amines is 1. The highest BCUT2D eigenvalue weighted by Crippen LogP contribution is 2.29. The normalized spacial score (nSPS) is 11.8. The summed E-state index contributed by atoms with van der Waals surface area (Å²) < 4.78 is 31.8. The van der Waals surface area contributed by atoms with Crippen molar-refractivity contribution in [1.82, 2.24) is 14.3 Å². The number of nitrogens with zero attached hydrogens (tertiary/aromatic N) is 2. The van der Waals surface area contributed by atoms with Gasteiger partial charge in [0, 0.05) is 19.8 Å². The number of hydrogen-bond acceptors (Lipinski definition) is 7. The summed E-state index contributed by atoms with van der Waals surface area (Å²) in [6.07, 6.45) is 0. The van der Waals surface area contributed by atoms with Crippen LogP contribution >= 0.6 is 11.3 Å². The van der Waals surface area contributed by atoms with E-state index in [1.807, 2.05) is 5.38 Å². The number of ether oxygens (including phenoxy) is 1. The molecule has 0 fully saturated rings. The van der Waals surface area contributed by atoms with Crippen LogP contribution in [0.4, 0.5) is 5.69 Å². The monoisotopic (exact) mass is 394 g/mol. The van der Waals surface area contributed by atoms with Gasteiger partial charge in [-0.2, -0.15) is 0 Å². The van der Waals surface area contributed by atoms with Crippen LogP contribution in [-0.2, 0) is 16.6 Å². The molecule has 138 valence electrons. The smallest absolute Gasteiger partial charge is 0.268 e. The third-order valence-corrected chi connectivity index (χ3v) is 6.48. The molecule has 1 aromatic carbocycles. The van der Waals surface area contributed by atoms with Gasteiger partial charge < -0.3 is 15.0 Å². The lowest BCUT2D eigenvalue weighted by atomic mass is 10.3. The topological polar surface area (TPSA) is 104 Å². The van der Waals surface area contributed by atoms with Gasteiger partial charge in [-0.15, -0.1) is 11.3 Å². The standard InChI is InChI=1S/C16H18N4O4S2/c1-20(2)26(22,23)13-8-10(4-5-12(13)24-3)17-9-14-18-11-6-7-25-15(11)16(21)19-14/h4-8,17H,9H2,1-3H3,(H,18,19,21). The van der Waals surface area contributed by atoms with Crippen LogP contribution in [0.1, 0.15) is 5.82 Å². The lowest BCUT2D eigenvalue weighted by molar-refractivity contribution is 0.400. The fourth-order valence-electron chi connectivity index (χ4n) is 2.38. The highest BCUT2D eigenvalue weighted by Gasteiger charge is 2.22. The van der Waals surface area contributed by atoms with Crippen LogP contribution in [0, 0.1) is 0 Å². The largest absolute Gasteiger partial charge is 0.495 e. The Balaban J connectivity index is 1.89. The zero-order valence-electron chi connectivity index (χ0n) is 14.4. The molecule has 0 aliphatic heterocycles. The zero-order valence-corrected chi connectivity index (χ0v) is 16.1. The number of rotatable bonds is 6. The molecule has 0 atom stereocenters. The second kappa shape index (κ2) is 7.06. The molecule has 0 bridgehead atoms. The highest BCUT2D eigenvalue weighted by molar-refractivity contribution is 7.89. The molecule has 2 heterocycles. The minimum atomic E-state index is -3.66. The maximum Gasteiger partial charge on any atom is 0.268 e. The van der Waals surface area contributed by atoms with Gasteiger partial charge in [0.05, 0.1) is 19.2 Å². The van der Waals surface area contributed by atoms with Crippen molar-refractivity contribution >= 4 is 37.3 Å². The second-order valence-electron chi connectivity index (χ2n) is 5.65. The quantitative estimate of drug-likeness (QED) is 0.661. The molecule has 0 aliphatic carbocycles. The van der Waals surface area contributed by atoms with Crippen LogP contribution in [0.25, 0.3) is 10.2 Å². The maximum absolute atomic E-state index is 12.5. The molecule has 0 radical (unpaired) electrons. The number of sulfonamides is 1. The SMILES string of the molecule is COc1ccc(NCc2nc3ccsc3c(=O)[nH]2)cc1S(=O)(=O)N(C)C. The Hall–Kier alpha value is -2.43. The van der Waals surface area contributed by atoms with E-state index in [4.69, 9.17) is 4.74 Å². The minimum absolute atomic E-state index is 0.0599. The predicted octanol–water partition coefficient (Wildman–Crippen LogP) is 1.86. The summed E-state index contributed by atoms with van der Waals surface area (Å²) >= 11 is 1.34. The molecular formula is C16H18N4O4S2. The van der Waals surface area contributed by atoms with E-state index in [-0.39, 0.29) is 22.7 Å². The molecule has 0 aliphatic rings. The van der Waals surface area contributed by atoms with Gasteiger partial charge in [0.25, 0.3) is 5.56 Å². The van der Waals surface area contributed by atoms with Gasteiger partial charge >= 0.3 is 0 Å². The number of anilines is 1. The number of hydrogen-bond donors (Lipinski definition) is 2. The Bertz CT molecular complexity index is 1100. The van der Waals surface area contributed by atoms with Gasteiger partial charge in [-0.25, -0.2) is 17.7 Å². The van der Waals surface area contributed by atoms with E-state index in [9.17, 15) is 13.2 Å². The van der Waals surface area contributed by atoms with E-state index < -0.39 is 10.0 Å². The first-order chi connectivity index (χ1) is 12.3. The van der Waals surface area contributed by atoms with E-state index >= 15 is 0 Å². The Morgan fingerprint density at radius 2 is 2.08 bits per heavy atom. The van der Waals surface area contributed by atoms with Gasteiger partial charge in [0.1, 0.15) is 21.2 Å². The molecule has 10 heteroatoms. The van der Waals surface area contributed by atoms with Crippen molar-refractivity contribution in [2.45, 2.75) is 11.4 Å². The first kappa shape index (κ1) is 18.4. The van der Waals surface area contributed by atoms with Crippen LogP contribution in [-0.4, -0.2) is 43.9 Å². The van der Waals surface area contributed by atoms with E-state index in [0.717, 1.165) is 4.31 Å². The molecule has 0 amide bonds. The molecule has 0 saturated carbocycles. The van der Waals surface area contributed by atoms with Crippen molar-refractivity contribution in [3.8, 4) is 5.75 Å². The molecule has 0 unspecified atom stereocenters. The van der Waals surface area contributed by atoms with E-state index in [2.05, 4.69) is 15.3 Å². The average Bonchev–Trinajstić information content (AvgIpc) is 3.08. The fourth-order valence-corrected chi connectivity index (χ4v) is 4.18. The summed E-state index contributed by atoms with van der Waals surface area (Å²) in [4.78, 5) is 19.2. The number of benzene rings is 1. The van der Waals surface area contributed by atoms with Crippen LogP contribution in [0.3, 0.4) is 0 Å². The average molecular weight is 394 g/mol. The second-order valence-corrected chi connectivity index (χ2v) is 8.69. The number of nitrogens with one attached hydrogen (secondary N) is 2. The lowest BCUT2D eigenvalue weighted by Crippen LogP contribution is -2.23. The molecule has 8 nitrogen and oxygen atoms in total. The van der Waals surface area contributed by atoms with Crippen LogP contribution in [0.2, 0.25) is 0 Å². The van der Waals surface area contributed by atoms with E-state index in [1.54, 1.807) is 18.2 Å². The summed E-state index contributed by atoms with van der Waals surface area (Å²) in [7, 11) is 0.678. The molecule has 0 spiro atoms. The van der Waals surface area contributed by atoms with Crippen molar-refractivity contribution in [2.24, 2.45) is 0 Å². The van der Waals surface area contributed by atoms with Gasteiger partial charge in [0.2, 0.25) is 10.0 Å². The highest BCUT2D eigenvalue weighted by atomic mass is 32.2. The third-order valence-electron chi connectivity index (χ3n) is 3.75. The van der Waals surface area contributed by atoms with Crippen LogP contribution in [0.15, 0.2) is 39.3 Å². The van der Waals surface area contributed by atoms with Gasteiger partial charge in [-0.05, 0) is 29.6 Å². The molecule has 2 aromatic heterocycles. The first-order valence-electron chi connectivity index (χ1n) is 7.64. The Morgan fingerprint density at radius 3 is 2.77 bits per heavy atom. The number of thiophene rings is 1. The van der Waals surface area contributed by atoms with Crippen LogP contribution in [0.5, 0.6) is 5.75 Å². The van der Waals surface area contributed by atoms with Crippen molar-refractivity contribution in [3.63, 3.8) is 0 Å². The Labute approximate surface area is 154 Å². The van der Waals surface area contributed by atoms with Crippen molar-refractivity contribution in [3.05, 3.63) is 45.8 Å².